The highest BCUT2D eigenvalue weighted by Gasteiger charge is 2.04. The second-order valence-electron chi connectivity index (χ2n) is 2.61. The fourth-order valence-corrected chi connectivity index (χ4v) is 0.837. The van der Waals surface area contributed by atoms with Crippen molar-refractivity contribution in [1.82, 2.24) is 5.32 Å². The van der Waals surface area contributed by atoms with Gasteiger partial charge in [0.2, 0.25) is 0 Å². The summed E-state index contributed by atoms with van der Waals surface area (Å²) in [5, 5.41) is 11.8. The fraction of sp³-hybridized carbons (Fsp3) is 1.00. The standard InChI is InChI=1S/C7H17NO2/c1-6(4-9)8-7(2)5-10-3/h6-9H,4-5H2,1-3H3/t6?,7-/m0/s1. The molecule has 1 unspecified atom stereocenters. The Morgan fingerprint density at radius 2 is 2.00 bits per heavy atom. The van der Waals surface area contributed by atoms with E-state index in [0.29, 0.717) is 12.6 Å². The van der Waals surface area contributed by atoms with E-state index in [1.807, 2.05) is 13.8 Å². The Bertz CT molecular complexity index is 78.0. The summed E-state index contributed by atoms with van der Waals surface area (Å²) in [6.45, 7) is 4.82. The molecule has 0 saturated heterocycles. The van der Waals surface area contributed by atoms with Crippen LogP contribution in [-0.2, 0) is 4.74 Å². The predicted octanol–water partition coefficient (Wildman–Crippen LogP) is -0.00830. The molecule has 0 fully saturated rings. The van der Waals surface area contributed by atoms with Gasteiger partial charge in [0.15, 0.2) is 0 Å². The normalized spacial score (nSPS) is 16.8. The Kier molecular flexibility index (Phi) is 5.58. The molecule has 0 aromatic rings. The Balaban J connectivity index is 3.27. The molecule has 0 spiro atoms. The van der Waals surface area contributed by atoms with E-state index in [2.05, 4.69) is 5.32 Å². The minimum absolute atomic E-state index is 0.158. The molecule has 3 nitrogen and oxygen atoms in total. The topological polar surface area (TPSA) is 41.5 Å². The van der Waals surface area contributed by atoms with Crippen molar-refractivity contribution in [2.24, 2.45) is 0 Å². The number of nitrogens with one attached hydrogen (secondary N) is 1. The predicted molar refractivity (Wildman–Crippen MR) is 41.0 cm³/mol. The third-order valence-electron chi connectivity index (χ3n) is 1.26. The van der Waals surface area contributed by atoms with Gasteiger partial charge in [-0.3, -0.25) is 0 Å². The smallest absolute Gasteiger partial charge is 0.0613 e. The molecule has 0 radical (unpaired) electrons. The molecule has 0 aromatic heterocycles. The third-order valence-corrected chi connectivity index (χ3v) is 1.26. The number of hydrogen-bond acceptors (Lipinski definition) is 3. The summed E-state index contributed by atoms with van der Waals surface area (Å²) in [5.41, 5.74) is 0. The molecule has 3 heteroatoms. The van der Waals surface area contributed by atoms with Crippen LogP contribution in [0.4, 0.5) is 0 Å². The molecule has 0 bridgehead atoms. The second kappa shape index (κ2) is 5.65. The summed E-state index contributed by atoms with van der Waals surface area (Å²) in [6, 6.07) is 0.470. The first-order chi connectivity index (χ1) is 4.70. The van der Waals surface area contributed by atoms with Crippen LogP contribution in [0.25, 0.3) is 0 Å². The van der Waals surface area contributed by atoms with Gasteiger partial charge >= 0.3 is 0 Å². The molecule has 0 aromatic carbocycles. The van der Waals surface area contributed by atoms with E-state index in [1.54, 1.807) is 7.11 Å². The van der Waals surface area contributed by atoms with Crippen molar-refractivity contribution < 1.29 is 9.84 Å². The first-order valence-corrected chi connectivity index (χ1v) is 3.56. The lowest BCUT2D eigenvalue weighted by molar-refractivity contribution is 0.157. The molecular formula is C7H17NO2. The van der Waals surface area contributed by atoms with Crippen LogP contribution >= 0.6 is 0 Å². The van der Waals surface area contributed by atoms with Crippen molar-refractivity contribution in [3.63, 3.8) is 0 Å². The molecule has 0 amide bonds. The van der Waals surface area contributed by atoms with Gasteiger partial charge in [-0.15, -0.1) is 0 Å². The monoisotopic (exact) mass is 147 g/mol. The van der Waals surface area contributed by atoms with E-state index < -0.39 is 0 Å². The van der Waals surface area contributed by atoms with Crippen LogP contribution in [0.15, 0.2) is 0 Å². The molecule has 0 aliphatic carbocycles. The third kappa shape index (κ3) is 4.73. The van der Waals surface area contributed by atoms with E-state index >= 15 is 0 Å². The van der Waals surface area contributed by atoms with E-state index in [1.165, 1.54) is 0 Å². The number of ether oxygens (including phenoxy) is 1. The minimum Gasteiger partial charge on any atom is -0.395 e. The lowest BCUT2D eigenvalue weighted by Gasteiger charge is -2.16. The minimum atomic E-state index is 0.158. The maximum Gasteiger partial charge on any atom is 0.0613 e. The highest BCUT2D eigenvalue weighted by atomic mass is 16.5. The van der Waals surface area contributed by atoms with Gasteiger partial charge in [-0.25, -0.2) is 0 Å². The maximum absolute atomic E-state index is 8.65. The van der Waals surface area contributed by atoms with Crippen LogP contribution in [0, 0.1) is 0 Å². The molecule has 0 heterocycles. The second-order valence-corrected chi connectivity index (χ2v) is 2.61. The van der Waals surface area contributed by atoms with Crippen molar-refractivity contribution in [2.75, 3.05) is 20.3 Å². The number of aliphatic hydroxyl groups excluding tert-OH is 1. The van der Waals surface area contributed by atoms with Crippen molar-refractivity contribution >= 4 is 0 Å². The molecule has 2 N–H and O–H groups in total. The molecule has 62 valence electrons. The number of aliphatic hydroxyl groups is 1. The molecular weight excluding hydrogens is 130 g/mol. The maximum atomic E-state index is 8.65. The average Bonchev–Trinajstić information content (AvgIpc) is 1.88. The Morgan fingerprint density at radius 1 is 1.40 bits per heavy atom. The number of rotatable bonds is 5. The quantitative estimate of drug-likeness (QED) is 0.575. The van der Waals surface area contributed by atoms with E-state index in [-0.39, 0.29) is 12.6 Å². The van der Waals surface area contributed by atoms with E-state index in [9.17, 15) is 0 Å². The van der Waals surface area contributed by atoms with Gasteiger partial charge in [0.1, 0.15) is 0 Å². The first-order valence-electron chi connectivity index (χ1n) is 3.56. The number of methoxy groups -OCH3 is 1. The van der Waals surface area contributed by atoms with Crippen LogP contribution in [0.3, 0.4) is 0 Å². The van der Waals surface area contributed by atoms with Gasteiger partial charge in [0.25, 0.3) is 0 Å². The lowest BCUT2D eigenvalue weighted by Crippen LogP contribution is -2.39. The Morgan fingerprint density at radius 3 is 2.40 bits per heavy atom. The van der Waals surface area contributed by atoms with Crippen LogP contribution in [0.2, 0.25) is 0 Å². The summed E-state index contributed by atoms with van der Waals surface area (Å²) < 4.78 is 4.90. The van der Waals surface area contributed by atoms with Gasteiger partial charge in [-0.05, 0) is 13.8 Å². The highest BCUT2D eigenvalue weighted by molar-refractivity contribution is 4.64. The van der Waals surface area contributed by atoms with Gasteiger partial charge in [-0.1, -0.05) is 0 Å². The molecule has 10 heavy (non-hydrogen) atoms. The first kappa shape index (κ1) is 9.88. The fourth-order valence-electron chi connectivity index (χ4n) is 0.837. The zero-order chi connectivity index (χ0) is 7.98. The van der Waals surface area contributed by atoms with Gasteiger partial charge < -0.3 is 15.2 Å². The molecule has 0 saturated carbocycles. The summed E-state index contributed by atoms with van der Waals surface area (Å²) in [6.07, 6.45) is 0. The van der Waals surface area contributed by atoms with Crippen molar-refractivity contribution in [3.8, 4) is 0 Å². The van der Waals surface area contributed by atoms with Crippen LogP contribution in [-0.4, -0.2) is 37.5 Å². The largest absolute Gasteiger partial charge is 0.395 e. The van der Waals surface area contributed by atoms with Gasteiger partial charge in [-0.2, -0.15) is 0 Å². The van der Waals surface area contributed by atoms with Crippen LogP contribution in [0.5, 0.6) is 0 Å². The molecule has 2 atom stereocenters. The SMILES string of the molecule is COC[C@H](C)NC(C)CO. The van der Waals surface area contributed by atoms with Crippen molar-refractivity contribution in [2.45, 2.75) is 25.9 Å². The van der Waals surface area contributed by atoms with Crippen molar-refractivity contribution in [3.05, 3.63) is 0 Å². The van der Waals surface area contributed by atoms with E-state index in [4.69, 9.17) is 9.84 Å². The van der Waals surface area contributed by atoms with Crippen LogP contribution in [0.1, 0.15) is 13.8 Å². The average molecular weight is 147 g/mol. The molecule has 0 aliphatic heterocycles. The number of hydrogen-bond donors (Lipinski definition) is 2. The Labute approximate surface area is 62.4 Å². The van der Waals surface area contributed by atoms with Crippen molar-refractivity contribution in [1.29, 1.82) is 0 Å². The highest BCUT2D eigenvalue weighted by Crippen LogP contribution is 1.86. The zero-order valence-corrected chi connectivity index (χ0v) is 6.92. The summed E-state index contributed by atoms with van der Waals surface area (Å²) in [7, 11) is 1.67. The lowest BCUT2D eigenvalue weighted by atomic mass is 10.3. The Hall–Kier alpha value is -0.120. The summed E-state index contributed by atoms with van der Waals surface area (Å²) in [5.74, 6) is 0. The molecule has 0 rings (SSSR count). The van der Waals surface area contributed by atoms with Gasteiger partial charge in [0, 0.05) is 19.2 Å². The van der Waals surface area contributed by atoms with E-state index in [0.717, 1.165) is 0 Å². The zero-order valence-electron chi connectivity index (χ0n) is 6.92. The summed E-state index contributed by atoms with van der Waals surface area (Å²) in [4.78, 5) is 0. The van der Waals surface area contributed by atoms with Gasteiger partial charge in [0.05, 0.1) is 13.2 Å². The molecule has 0 aliphatic rings. The summed E-state index contributed by atoms with van der Waals surface area (Å²) >= 11 is 0. The van der Waals surface area contributed by atoms with Crippen LogP contribution < -0.4 is 5.32 Å².